The summed E-state index contributed by atoms with van der Waals surface area (Å²) in [6.07, 6.45) is -0.137. The van der Waals surface area contributed by atoms with Crippen molar-refractivity contribution < 1.29 is 28.7 Å². The summed E-state index contributed by atoms with van der Waals surface area (Å²) < 4.78 is 5.83. The van der Waals surface area contributed by atoms with Crippen LogP contribution >= 0.6 is 15.9 Å². The van der Waals surface area contributed by atoms with E-state index in [1.807, 2.05) is 0 Å². The highest BCUT2D eigenvalue weighted by Gasteiger charge is 2.36. The summed E-state index contributed by atoms with van der Waals surface area (Å²) in [7, 11) is 0. The number of hydrogen-bond donors (Lipinski definition) is 2. The van der Waals surface area contributed by atoms with Gasteiger partial charge < -0.3 is 10.1 Å². The first-order chi connectivity index (χ1) is 15.2. The van der Waals surface area contributed by atoms with Gasteiger partial charge in [0, 0.05) is 27.7 Å². The molecule has 2 aromatic rings. The fraction of sp³-hybridized carbons (Fsp3) is 0.227. The highest BCUT2D eigenvalue weighted by Crippen LogP contribution is 2.18. The fourth-order valence-electron chi connectivity index (χ4n) is 3.03. The monoisotopic (exact) mass is 501 g/mol. The minimum absolute atomic E-state index is 0.0534. The first-order valence-electron chi connectivity index (χ1n) is 9.67. The minimum Gasteiger partial charge on any atom is -0.455 e. The van der Waals surface area contributed by atoms with Crippen LogP contribution in [0.15, 0.2) is 53.0 Å². The van der Waals surface area contributed by atoms with Crippen LogP contribution in [0.3, 0.4) is 0 Å². The number of carbonyl (C=O) groups is 5. The van der Waals surface area contributed by atoms with Crippen molar-refractivity contribution in [2.45, 2.75) is 13.3 Å². The van der Waals surface area contributed by atoms with Crippen molar-refractivity contribution in [2.75, 3.05) is 18.5 Å². The van der Waals surface area contributed by atoms with Crippen molar-refractivity contribution in [3.05, 3.63) is 64.1 Å². The lowest BCUT2D eigenvalue weighted by molar-refractivity contribution is -0.151. The molecular formula is C22H20BrN3O6. The van der Waals surface area contributed by atoms with Gasteiger partial charge in [-0.15, -0.1) is 0 Å². The lowest BCUT2D eigenvalue weighted by Gasteiger charge is -2.17. The highest BCUT2D eigenvalue weighted by molar-refractivity contribution is 9.10. The molecule has 2 aromatic carbocycles. The first kappa shape index (κ1) is 23.1. The van der Waals surface area contributed by atoms with Crippen LogP contribution in [0.2, 0.25) is 0 Å². The number of esters is 1. The second-order valence-corrected chi connectivity index (χ2v) is 8.06. The molecule has 10 heteroatoms. The van der Waals surface area contributed by atoms with Crippen molar-refractivity contribution >= 4 is 51.1 Å². The number of nitrogens with one attached hydrogen (secondary N) is 2. The zero-order chi connectivity index (χ0) is 23.3. The maximum absolute atomic E-state index is 12.3. The summed E-state index contributed by atoms with van der Waals surface area (Å²) in [5.74, 6) is -3.15. The molecule has 0 aromatic heterocycles. The molecular weight excluding hydrogens is 482 g/mol. The molecule has 1 aliphatic heterocycles. The number of anilines is 1. The molecule has 166 valence electrons. The molecule has 2 N–H and O–H groups in total. The van der Waals surface area contributed by atoms with Crippen molar-refractivity contribution in [1.29, 1.82) is 0 Å². The van der Waals surface area contributed by atoms with E-state index in [0.29, 0.717) is 16.8 Å². The van der Waals surface area contributed by atoms with E-state index < -0.39 is 36.2 Å². The van der Waals surface area contributed by atoms with Gasteiger partial charge in [-0.1, -0.05) is 28.1 Å². The van der Waals surface area contributed by atoms with Crippen molar-refractivity contribution in [2.24, 2.45) is 5.92 Å². The van der Waals surface area contributed by atoms with E-state index in [1.165, 1.54) is 13.0 Å². The molecule has 0 saturated carbocycles. The third kappa shape index (κ3) is 6.01. The predicted molar refractivity (Wildman–Crippen MR) is 117 cm³/mol. The summed E-state index contributed by atoms with van der Waals surface area (Å²) in [6, 6.07) is 12.9. The van der Waals surface area contributed by atoms with Crippen LogP contribution in [-0.2, 0) is 19.1 Å². The number of ketones is 1. The number of rotatable bonds is 7. The zero-order valence-electron chi connectivity index (χ0n) is 17.1. The zero-order valence-corrected chi connectivity index (χ0v) is 18.7. The Kier molecular flexibility index (Phi) is 7.37. The van der Waals surface area contributed by atoms with Gasteiger partial charge in [0.2, 0.25) is 5.91 Å². The molecule has 0 bridgehead atoms. The summed E-state index contributed by atoms with van der Waals surface area (Å²) in [5.41, 5.74) is 3.67. The Morgan fingerprint density at radius 1 is 1.09 bits per heavy atom. The average Bonchev–Trinajstić information content (AvgIpc) is 3.13. The quantitative estimate of drug-likeness (QED) is 0.443. The Labute approximate surface area is 192 Å². The smallest absolute Gasteiger partial charge is 0.311 e. The lowest BCUT2D eigenvalue weighted by atomic mass is 10.1. The van der Waals surface area contributed by atoms with Crippen LogP contribution in [0.4, 0.5) is 5.69 Å². The van der Waals surface area contributed by atoms with Gasteiger partial charge in [-0.25, -0.2) is 0 Å². The predicted octanol–water partition coefficient (Wildman–Crippen LogP) is 2.33. The van der Waals surface area contributed by atoms with Crippen LogP contribution in [0.25, 0.3) is 0 Å². The van der Waals surface area contributed by atoms with Gasteiger partial charge in [0.25, 0.3) is 11.8 Å². The normalized spacial score (nSPS) is 15.2. The number of amides is 3. The van der Waals surface area contributed by atoms with Crippen molar-refractivity contribution in [1.82, 2.24) is 10.4 Å². The number of carbonyl (C=O) groups excluding carboxylic acids is 5. The number of hydrazine groups is 1. The van der Waals surface area contributed by atoms with Crippen LogP contribution in [0, 0.1) is 5.92 Å². The van der Waals surface area contributed by atoms with Gasteiger partial charge in [0.15, 0.2) is 12.4 Å². The molecule has 0 aliphatic carbocycles. The molecule has 1 atom stereocenters. The molecule has 1 aliphatic rings. The lowest BCUT2D eigenvalue weighted by Crippen LogP contribution is -2.43. The van der Waals surface area contributed by atoms with Gasteiger partial charge in [-0.2, -0.15) is 0 Å². The molecule has 0 radical (unpaired) electrons. The Morgan fingerprint density at radius 3 is 2.50 bits per heavy atom. The van der Waals surface area contributed by atoms with Gasteiger partial charge in [0.1, 0.15) is 0 Å². The SMILES string of the molecule is CC(=O)c1cccc(NC(=O)COC(=O)[C@@H]2CC(=O)N(NC(=O)c3ccc(Br)cc3)C2)c1. The first-order valence-corrected chi connectivity index (χ1v) is 10.5. The Balaban J connectivity index is 1.48. The van der Waals surface area contributed by atoms with Gasteiger partial charge in [-0.05, 0) is 43.3 Å². The second kappa shape index (κ2) is 10.2. The number of nitrogens with zero attached hydrogens (tertiary/aromatic N) is 1. The summed E-state index contributed by atoms with van der Waals surface area (Å²) >= 11 is 3.28. The third-order valence-corrected chi connectivity index (χ3v) is 5.23. The standard InChI is InChI=1S/C22H20BrN3O6/c1-13(27)15-3-2-4-18(9-15)24-19(28)12-32-22(31)16-10-20(29)26(11-16)25-21(30)14-5-7-17(23)8-6-14/h2-9,16H,10-12H2,1H3,(H,24,28)(H,25,30)/t16-/m1/s1. The van der Waals surface area contributed by atoms with Crippen molar-refractivity contribution in [3.8, 4) is 0 Å². The molecule has 1 saturated heterocycles. The van der Waals surface area contributed by atoms with E-state index in [4.69, 9.17) is 4.74 Å². The summed E-state index contributed by atoms with van der Waals surface area (Å²) in [4.78, 5) is 60.2. The maximum Gasteiger partial charge on any atom is 0.311 e. The minimum atomic E-state index is -0.804. The summed E-state index contributed by atoms with van der Waals surface area (Å²) in [5, 5.41) is 3.62. The van der Waals surface area contributed by atoms with E-state index >= 15 is 0 Å². The Bertz CT molecular complexity index is 1070. The molecule has 9 nitrogen and oxygen atoms in total. The molecule has 3 amide bonds. The van der Waals surface area contributed by atoms with Gasteiger partial charge in [-0.3, -0.25) is 34.4 Å². The summed E-state index contributed by atoms with van der Waals surface area (Å²) in [6.45, 7) is 0.817. The second-order valence-electron chi connectivity index (χ2n) is 7.15. The van der Waals surface area contributed by atoms with Gasteiger partial charge in [0.05, 0.1) is 12.5 Å². The number of Topliss-reactive ketones (excluding diaryl/α,β-unsaturated/α-hetero) is 1. The fourth-order valence-corrected chi connectivity index (χ4v) is 3.29. The van der Waals surface area contributed by atoms with Crippen LogP contribution in [-0.4, -0.2) is 47.6 Å². The largest absolute Gasteiger partial charge is 0.455 e. The molecule has 1 heterocycles. The average molecular weight is 502 g/mol. The maximum atomic E-state index is 12.3. The van der Waals surface area contributed by atoms with E-state index in [-0.39, 0.29) is 18.7 Å². The van der Waals surface area contributed by atoms with Crippen LogP contribution < -0.4 is 10.7 Å². The molecule has 3 rings (SSSR count). The molecule has 32 heavy (non-hydrogen) atoms. The molecule has 0 spiro atoms. The number of hydrogen-bond acceptors (Lipinski definition) is 6. The highest BCUT2D eigenvalue weighted by atomic mass is 79.9. The van der Waals surface area contributed by atoms with E-state index in [0.717, 1.165) is 9.48 Å². The number of ether oxygens (including phenoxy) is 1. The molecule has 0 unspecified atom stereocenters. The van der Waals surface area contributed by atoms with E-state index in [1.54, 1.807) is 42.5 Å². The Morgan fingerprint density at radius 2 is 1.81 bits per heavy atom. The third-order valence-electron chi connectivity index (χ3n) is 4.70. The van der Waals surface area contributed by atoms with Crippen molar-refractivity contribution in [3.63, 3.8) is 0 Å². The van der Waals surface area contributed by atoms with Crippen LogP contribution in [0.1, 0.15) is 34.1 Å². The van der Waals surface area contributed by atoms with Gasteiger partial charge >= 0.3 is 5.97 Å². The number of benzene rings is 2. The van der Waals surface area contributed by atoms with E-state index in [9.17, 15) is 24.0 Å². The number of halogens is 1. The molecule has 1 fully saturated rings. The van der Waals surface area contributed by atoms with Crippen LogP contribution in [0.5, 0.6) is 0 Å². The van der Waals surface area contributed by atoms with E-state index in [2.05, 4.69) is 26.7 Å². The topological polar surface area (TPSA) is 122 Å². The Hall–Kier alpha value is -3.53.